The summed E-state index contributed by atoms with van der Waals surface area (Å²) in [7, 11) is 0. The Bertz CT molecular complexity index is 392. The molecule has 0 aliphatic heterocycles. The molecule has 0 saturated carbocycles. The third kappa shape index (κ3) is 2.66. The van der Waals surface area contributed by atoms with Gasteiger partial charge in [-0.25, -0.2) is 4.39 Å². The SMILES string of the molecule is Cc1cc(C(N)CC(=O)O)c(F)cc1O. The number of benzene rings is 1. The number of nitrogens with two attached hydrogens (primary N) is 1. The molecule has 0 saturated heterocycles. The van der Waals surface area contributed by atoms with Crippen LogP contribution in [0.2, 0.25) is 0 Å². The van der Waals surface area contributed by atoms with Gasteiger partial charge in [-0.2, -0.15) is 0 Å². The van der Waals surface area contributed by atoms with Crippen molar-refractivity contribution >= 4 is 5.97 Å². The van der Waals surface area contributed by atoms with E-state index >= 15 is 0 Å². The Balaban J connectivity index is 3.03. The molecule has 0 spiro atoms. The Labute approximate surface area is 86.1 Å². The largest absolute Gasteiger partial charge is 0.508 e. The topological polar surface area (TPSA) is 83.6 Å². The van der Waals surface area contributed by atoms with Gasteiger partial charge in [0.1, 0.15) is 11.6 Å². The number of carbonyl (C=O) groups is 1. The predicted molar refractivity (Wildman–Crippen MR) is 52.0 cm³/mol. The summed E-state index contributed by atoms with van der Waals surface area (Å²) in [5.41, 5.74) is 6.08. The molecule has 5 heteroatoms. The third-order valence-corrected chi connectivity index (χ3v) is 2.11. The molecule has 4 N–H and O–H groups in total. The molecule has 15 heavy (non-hydrogen) atoms. The maximum absolute atomic E-state index is 13.3. The summed E-state index contributed by atoms with van der Waals surface area (Å²) in [5.74, 6) is -1.95. The molecule has 1 aromatic carbocycles. The Kier molecular flexibility index (Phi) is 3.26. The fraction of sp³-hybridized carbons (Fsp3) is 0.300. The van der Waals surface area contributed by atoms with Crippen molar-refractivity contribution in [2.45, 2.75) is 19.4 Å². The third-order valence-electron chi connectivity index (χ3n) is 2.11. The number of rotatable bonds is 3. The fourth-order valence-corrected chi connectivity index (χ4v) is 1.28. The van der Waals surface area contributed by atoms with E-state index in [4.69, 9.17) is 10.8 Å². The van der Waals surface area contributed by atoms with Crippen LogP contribution >= 0.6 is 0 Å². The Morgan fingerprint density at radius 1 is 1.60 bits per heavy atom. The van der Waals surface area contributed by atoms with Crippen LogP contribution in [-0.4, -0.2) is 16.2 Å². The number of phenols is 1. The minimum Gasteiger partial charge on any atom is -0.508 e. The van der Waals surface area contributed by atoms with Gasteiger partial charge in [-0.3, -0.25) is 4.79 Å². The lowest BCUT2D eigenvalue weighted by Crippen LogP contribution is -2.16. The van der Waals surface area contributed by atoms with Crippen molar-refractivity contribution in [2.75, 3.05) is 0 Å². The van der Waals surface area contributed by atoms with Crippen LogP contribution in [-0.2, 0) is 4.79 Å². The van der Waals surface area contributed by atoms with Crippen LogP contribution in [0.5, 0.6) is 5.75 Å². The molecule has 1 atom stereocenters. The van der Waals surface area contributed by atoms with Crippen LogP contribution in [0.3, 0.4) is 0 Å². The summed E-state index contributed by atoms with van der Waals surface area (Å²) in [6.45, 7) is 1.59. The molecule has 1 unspecified atom stereocenters. The molecule has 1 rings (SSSR count). The van der Waals surface area contributed by atoms with Gasteiger partial charge in [0.15, 0.2) is 0 Å². The molecule has 0 bridgehead atoms. The number of carboxylic acids is 1. The second-order valence-corrected chi connectivity index (χ2v) is 3.36. The average molecular weight is 213 g/mol. The minimum atomic E-state index is -1.09. The average Bonchev–Trinajstić information content (AvgIpc) is 2.09. The second-order valence-electron chi connectivity index (χ2n) is 3.36. The highest BCUT2D eigenvalue weighted by Crippen LogP contribution is 2.25. The molecule has 0 aliphatic rings. The first-order valence-corrected chi connectivity index (χ1v) is 4.38. The monoisotopic (exact) mass is 213 g/mol. The van der Waals surface area contributed by atoms with Crippen LogP contribution in [0.25, 0.3) is 0 Å². The van der Waals surface area contributed by atoms with Gasteiger partial charge in [0, 0.05) is 17.7 Å². The van der Waals surface area contributed by atoms with Gasteiger partial charge in [0.05, 0.1) is 6.42 Å². The first-order chi connectivity index (χ1) is 6.91. The summed E-state index contributed by atoms with van der Waals surface area (Å²) < 4.78 is 13.3. The molecule has 0 aliphatic carbocycles. The molecular formula is C10H12FNO3. The lowest BCUT2D eigenvalue weighted by molar-refractivity contribution is -0.137. The summed E-state index contributed by atoms with van der Waals surface area (Å²) in [4.78, 5) is 10.4. The zero-order chi connectivity index (χ0) is 11.6. The van der Waals surface area contributed by atoms with Crippen molar-refractivity contribution in [3.8, 4) is 5.75 Å². The van der Waals surface area contributed by atoms with E-state index in [1.165, 1.54) is 6.07 Å². The number of carboxylic acid groups (broad SMARTS) is 1. The number of aliphatic carboxylic acids is 1. The summed E-state index contributed by atoms with van der Waals surface area (Å²) in [5, 5.41) is 17.7. The molecule has 0 fully saturated rings. The zero-order valence-electron chi connectivity index (χ0n) is 8.20. The Morgan fingerprint density at radius 2 is 2.20 bits per heavy atom. The zero-order valence-corrected chi connectivity index (χ0v) is 8.20. The Morgan fingerprint density at radius 3 is 2.73 bits per heavy atom. The van der Waals surface area contributed by atoms with Gasteiger partial charge in [-0.15, -0.1) is 0 Å². The van der Waals surface area contributed by atoms with Gasteiger partial charge in [0.2, 0.25) is 0 Å². The van der Waals surface area contributed by atoms with Crippen LogP contribution in [0, 0.1) is 12.7 Å². The summed E-state index contributed by atoms with van der Waals surface area (Å²) >= 11 is 0. The Hall–Kier alpha value is -1.62. The van der Waals surface area contributed by atoms with Crippen molar-refractivity contribution < 1.29 is 19.4 Å². The lowest BCUT2D eigenvalue weighted by Gasteiger charge is -2.12. The quantitative estimate of drug-likeness (QED) is 0.706. The smallest absolute Gasteiger partial charge is 0.305 e. The molecule has 4 nitrogen and oxygen atoms in total. The molecule has 1 aromatic rings. The van der Waals surface area contributed by atoms with E-state index < -0.39 is 17.8 Å². The number of halogens is 1. The molecule has 0 heterocycles. The molecule has 0 aromatic heterocycles. The molecule has 82 valence electrons. The minimum absolute atomic E-state index is 0.104. The van der Waals surface area contributed by atoms with Gasteiger partial charge >= 0.3 is 5.97 Å². The van der Waals surface area contributed by atoms with E-state index in [2.05, 4.69) is 0 Å². The second kappa shape index (κ2) is 4.27. The van der Waals surface area contributed by atoms with E-state index in [9.17, 15) is 14.3 Å². The molecule has 0 radical (unpaired) electrons. The van der Waals surface area contributed by atoms with E-state index in [1.807, 2.05) is 0 Å². The van der Waals surface area contributed by atoms with Crippen LogP contribution < -0.4 is 5.73 Å². The predicted octanol–water partition coefficient (Wildman–Crippen LogP) is 1.31. The van der Waals surface area contributed by atoms with Gasteiger partial charge in [-0.1, -0.05) is 0 Å². The number of hydrogen-bond donors (Lipinski definition) is 3. The molecule has 0 amide bonds. The van der Waals surface area contributed by atoms with E-state index in [0.717, 1.165) is 6.07 Å². The highest BCUT2D eigenvalue weighted by atomic mass is 19.1. The van der Waals surface area contributed by atoms with Crippen molar-refractivity contribution in [2.24, 2.45) is 5.73 Å². The van der Waals surface area contributed by atoms with E-state index in [1.54, 1.807) is 6.92 Å². The molecular weight excluding hydrogens is 201 g/mol. The van der Waals surface area contributed by atoms with Gasteiger partial charge in [0.25, 0.3) is 0 Å². The highest BCUT2D eigenvalue weighted by Gasteiger charge is 2.16. The summed E-state index contributed by atoms with van der Waals surface area (Å²) in [6, 6.07) is 1.40. The first-order valence-electron chi connectivity index (χ1n) is 4.38. The number of aromatic hydroxyl groups is 1. The van der Waals surface area contributed by atoms with Crippen LogP contribution in [0.1, 0.15) is 23.6 Å². The van der Waals surface area contributed by atoms with Crippen molar-refractivity contribution in [1.82, 2.24) is 0 Å². The van der Waals surface area contributed by atoms with Gasteiger partial charge in [-0.05, 0) is 18.6 Å². The fourth-order valence-electron chi connectivity index (χ4n) is 1.28. The number of aryl methyl sites for hydroxylation is 1. The first kappa shape index (κ1) is 11.5. The normalized spacial score (nSPS) is 12.5. The number of hydrogen-bond acceptors (Lipinski definition) is 3. The summed E-state index contributed by atoms with van der Waals surface area (Å²) in [6.07, 6.45) is -0.346. The van der Waals surface area contributed by atoms with Crippen molar-refractivity contribution in [3.05, 3.63) is 29.1 Å². The van der Waals surface area contributed by atoms with E-state index in [0.29, 0.717) is 5.56 Å². The highest BCUT2D eigenvalue weighted by molar-refractivity contribution is 5.68. The van der Waals surface area contributed by atoms with E-state index in [-0.39, 0.29) is 17.7 Å². The lowest BCUT2D eigenvalue weighted by atomic mass is 10.0. The van der Waals surface area contributed by atoms with Crippen molar-refractivity contribution in [1.29, 1.82) is 0 Å². The van der Waals surface area contributed by atoms with Crippen molar-refractivity contribution in [3.63, 3.8) is 0 Å². The maximum atomic E-state index is 13.3. The van der Waals surface area contributed by atoms with Crippen LogP contribution in [0.4, 0.5) is 4.39 Å². The number of phenolic OH excluding ortho intramolecular Hbond substituents is 1. The maximum Gasteiger partial charge on any atom is 0.305 e. The standard InChI is InChI=1S/C10H12FNO3/c1-5-2-6(7(11)3-9(5)13)8(12)4-10(14)15/h2-3,8,13H,4,12H2,1H3,(H,14,15). The van der Waals surface area contributed by atoms with Gasteiger partial charge < -0.3 is 15.9 Å². The van der Waals surface area contributed by atoms with Crippen LogP contribution in [0.15, 0.2) is 12.1 Å².